The van der Waals surface area contributed by atoms with Crippen LogP contribution in [-0.4, -0.2) is 34.3 Å². The lowest BCUT2D eigenvalue weighted by atomic mass is 10.0. The molecule has 9 heteroatoms. The van der Waals surface area contributed by atoms with Gasteiger partial charge in [-0.15, -0.1) is 0 Å². The smallest absolute Gasteiger partial charge is 0.357 e. The maximum absolute atomic E-state index is 12.6. The molecule has 0 spiro atoms. The van der Waals surface area contributed by atoms with Crippen molar-refractivity contribution in [3.63, 3.8) is 0 Å². The second kappa shape index (κ2) is 7.61. The largest absolute Gasteiger partial charge is 0.417 e. The minimum atomic E-state index is -4.36. The highest BCUT2D eigenvalue weighted by molar-refractivity contribution is 5.40. The molecule has 1 aliphatic heterocycles. The summed E-state index contributed by atoms with van der Waals surface area (Å²) in [7, 11) is 0. The molecule has 3 heterocycles. The fraction of sp³-hybridized carbons (Fsp3) is 0.588. The Bertz CT molecular complexity index is 708. The van der Waals surface area contributed by atoms with E-state index < -0.39 is 11.7 Å². The van der Waals surface area contributed by atoms with Gasteiger partial charge in [0, 0.05) is 31.7 Å². The highest BCUT2D eigenvalue weighted by Gasteiger charge is 2.31. The van der Waals surface area contributed by atoms with Crippen molar-refractivity contribution in [2.75, 3.05) is 18.0 Å². The van der Waals surface area contributed by atoms with Crippen LogP contribution in [0.3, 0.4) is 0 Å². The molecule has 1 saturated heterocycles. The van der Waals surface area contributed by atoms with Crippen molar-refractivity contribution in [1.82, 2.24) is 20.4 Å². The van der Waals surface area contributed by atoms with Crippen LogP contribution in [0.5, 0.6) is 0 Å². The average Bonchev–Trinajstić information content (AvgIpc) is 3.11. The van der Waals surface area contributed by atoms with E-state index in [4.69, 9.17) is 4.52 Å². The average molecular weight is 369 g/mol. The monoisotopic (exact) mass is 369 g/mol. The number of hydrogen-bond acceptors (Lipinski definition) is 6. The Balaban J connectivity index is 1.52. The van der Waals surface area contributed by atoms with Crippen LogP contribution in [0.4, 0.5) is 19.0 Å². The van der Waals surface area contributed by atoms with Gasteiger partial charge in [0.25, 0.3) is 0 Å². The normalized spacial score (nSPS) is 17.5. The van der Waals surface area contributed by atoms with E-state index in [0.717, 1.165) is 44.6 Å². The number of aryl methyl sites for hydroxylation is 1. The summed E-state index contributed by atoms with van der Waals surface area (Å²) < 4.78 is 43.1. The first-order chi connectivity index (χ1) is 12.4. The van der Waals surface area contributed by atoms with E-state index in [-0.39, 0.29) is 12.1 Å². The molecule has 0 aromatic carbocycles. The molecule has 6 nitrogen and oxygen atoms in total. The summed E-state index contributed by atoms with van der Waals surface area (Å²) in [6.45, 7) is 5.41. The molecule has 1 N–H and O–H groups in total. The molecular formula is C17H22F3N5O. The Morgan fingerprint density at radius 2 is 2.04 bits per heavy atom. The molecule has 0 amide bonds. The summed E-state index contributed by atoms with van der Waals surface area (Å²) in [4.78, 5) is 10.3. The number of nitrogens with one attached hydrogen (secondary N) is 1. The molecule has 0 radical (unpaired) electrons. The van der Waals surface area contributed by atoms with Gasteiger partial charge in [-0.1, -0.05) is 12.1 Å². The topological polar surface area (TPSA) is 67.1 Å². The Morgan fingerprint density at radius 3 is 2.58 bits per heavy atom. The number of aromatic nitrogens is 3. The van der Waals surface area contributed by atoms with Crippen molar-refractivity contribution in [2.45, 2.75) is 51.4 Å². The molecule has 0 unspecified atom stereocenters. The van der Waals surface area contributed by atoms with Crippen molar-refractivity contribution in [2.24, 2.45) is 0 Å². The van der Waals surface area contributed by atoms with E-state index in [1.165, 1.54) is 6.07 Å². The predicted molar refractivity (Wildman–Crippen MR) is 89.7 cm³/mol. The molecule has 0 aliphatic carbocycles. The molecule has 1 atom stereocenters. The van der Waals surface area contributed by atoms with Gasteiger partial charge in [-0.25, -0.2) is 4.98 Å². The van der Waals surface area contributed by atoms with Gasteiger partial charge in [-0.3, -0.25) is 0 Å². The van der Waals surface area contributed by atoms with Crippen molar-refractivity contribution >= 4 is 5.82 Å². The molecule has 26 heavy (non-hydrogen) atoms. The van der Waals surface area contributed by atoms with Gasteiger partial charge in [-0.05, 0) is 31.9 Å². The third-order valence-corrected chi connectivity index (χ3v) is 4.55. The summed E-state index contributed by atoms with van der Waals surface area (Å²) in [6.07, 6.45) is -1.01. The first kappa shape index (κ1) is 18.6. The number of hydrogen-bond donors (Lipinski definition) is 1. The van der Waals surface area contributed by atoms with Crippen LogP contribution >= 0.6 is 0 Å². The lowest BCUT2D eigenvalue weighted by Crippen LogP contribution is -2.43. The van der Waals surface area contributed by atoms with Gasteiger partial charge in [0.1, 0.15) is 5.82 Å². The summed E-state index contributed by atoms with van der Waals surface area (Å²) in [5, 5.41) is 7.38. The standard InChI is InChI=1S/C17H22F3N5O/c1-3-14-23-16(26-24-14)11(2)22-13-6-8-25(9-7-13)15-5-4-12(10-21-15)17(18,19)20/h4-5,10-11,13,22H,3,6-9H2,1-2H3/t11-/m1/s1. The second-order valence-electron chi connectivity index (χ2n) is 6.45. The number of anilines is 1. The third-order valence-electron chi connectivity index (χ3n) is 4.55. The highest BCUT2D eigenvalue weighted by Crippen LogP contribution is 2.30. The summed E-state index contributed by atoms with van der Waals surface area (Å²) in [6, 6.07) is 2.76. The summed E-state index contributed by atoms with van der Waals surface area (Å²) in [5.74, 6) is 1.85. The maximum Gasteiger partial charge on any atom is 0.417 e. The van der Waals surface area contributed by atoms with Crippen LogP contribution in [-0.2, 0) is 12.6 Å². The van der Waals surface area contributed by atoms with Gasteiger partial charge in [0.05, 0.1) is 11.6 Å². The van der Waals surface area contributed by atoms with E-state index in [9.17, 15) is 13.2 Å². The van der Waals surface area contributed by atoms with E-state index >= 15 is 0 Å². The molecule has 0 saturated carbocycles. The quantitative estimate of drug-likeness (QED) is 0.872. The van der Waals surface area contributed by atoms with Gasteiger partial charge < -0.3 is 14.7 Å². The predicted octanol–water partition coefficient (Wildman–Crippen LogP) is 3.37. The number of halogens is 3. The second-order valence-corrected chi connectivity index (χ2v) is 6.45. The molecule has 0 bridgehead atoms. The fourth-order valence-corrected chi connectivity index (χ4v) is 3.03. The lowest BCUT2D eigenvalue weighted by molar-refractivity contribution is -0.137. The van der Waals surface area contributed by atoms with E-state index in [1.54, 1.807) is 0 Å². The molecule has 142 valence electrons. The van der Waals surface area contributed by atoms with Gasteiger partial charge in [0.15, 0.2) is 5.82 Å². The Labute approximate surface area is 149 Å². The Morgan fingerprint density at radius 1 is 1.31 bits per heavy atom. The van der Waals surface area contributed by atoms with Crippen molar-refractivity contribution in [3.8, 4) is 0 Å². The summed E-state index contributed by atoms with van der Waals surface area (Å²) in [5.41, 5.74) is -0.724. The first-order valence-corrected chi connectivity index (χ1v) is 8.73. The van der Waals surface area contributed by atoms with Crippen LogP contribution in [0.2, 0.25) is 0 Å². The zero-order valence-electron chi connectivity index (χ0n) is 14.8. The molecule has 1 aliphatic rings. The number of piperidine rings is 1. The molecule has 2 aromatic heterocycles. The van der Waals surface area contributed by atoms with Crippen LogP contribution in [0.1, 0.15) is 50.0 Å². The van der Waals surface area contributed by atoms with E-state index in [1.807, 2.05) is 18.7 Å². The van der Waals surface area contributed by atoms with Crippen LogP contribution in [0.15, 0.2) is 22.9 Å². The SMILES string of the molecule is CCc1noc([C@@H](C)NC2CCN(c3ccc(C(F)(F)F)cn3)CC2)n1. The zero-order chi connectivity index (χ0) is 18.7. The minimum absolute atomic E-state index is 0.0384. The number of nitrogens with zero attached hydrogens (tertiary/aromatic N) is 4. The molecular weight excluding hydrogens is 347 g/mol. The van der Waals surface area contributed by atoms with Gasteiger partial charge >= 0.3 is 6.18 Å². The Hall–Kier alpha value is -2.16. The highest BCUT2D eigenvalue weighted by atomic mass is 19.4. The van der Waals surface area contributed by atoms with Crippen molar-refractivity contribution in [1.29, 1.82) is 0 Å². The van der Waals surface area contributed by atoms with Gasteiger partial charge in [-0.2, -0.15) is 18.2 Å². The number of pyridine rings is 1. The van der Waals surface area contributed by atoms with E-state index in [0.29, 0.717) is 17.5 Å². The number of rotatable bonds is 5. The zero-order valence-corrected chi connectivity index (χ0v) is 14.8. The van der Waals surface area contributed by atoms with Crippen LogP contribution < -0.4 is 10.2 Å². The minimum Gasteiger partial charge on any atom is -0.357 e. The Kier molecular flexibility index (Phi) is 5.45. The molecule has 2 aromatic rings. The fourth-order valence-electron chi connectivity index (χ4n) is 3.03. The van der Waals surface area contributed by atoms with Crippen LogP contribution in [0.25, 0.3) is 0 Å². The number of alkyl halides is 3. The third kappa shape index (κ3) is 4.32. The van der Waals surface area contributed by atoms with Gasteiger partial charge in [0.2, 0.25) is 5.89 Å². The van der Waals surface area contributed by atoms with Crippen LogP contribution in [0, 0.1) is 0 Å². The first-order valence-electron chi connectivity index (χ1n) is 8.73. The summed E-state index contributed by atoms with van der Waals surface area (Å²) >= 11 is 0. The molecule has 1 fully saturated rings. The van der Waals surface area contributed by atoms with E-state index in [2.05, 4.69) is 20.4 Å². The van der Waals surface area contributed by atoms with Crippen molar-refractivity contribution in [3.05, 3.63) is 35.6 Å². The van der Waals surface area contributed by atoms with Crippen molar-refractivity contribution < 1.29 is 17.7 Å². The molecule has 3 rings (SSSR count). The lowest BCUT2D eigenvalue weighted by Gasteiger charge is -2.34. The maximum atomic E-state index is 12.6.